The van der Waals surface area contributed by atoms with Crippen molar-refractivity contribution in [3.8, 4) is 0 Å². The largest absolute Gasteiger partial charge is 0.416 e. The van der Waals surface area contributed by atoms with Gasteiger partial charge in [-0.2, -0.15) is 13.2 Å². The van der Waals surface area contributed by atoms with Gasteiger partial charge >= 0.3 is 6.18 Å². The molecule has 35 heavy (non-hydrogen) atoms. The zero-order chi connectivity index (χ0) is 25.1. The van der Waals surface area contributed by atoms with Gasteiger partial charge in [-0.05, 0) is 47.7 Å². The van der Waals surface area contributed by atoms with Gasteiger partial charge in [-0.25, -0.2) is 0 Å². The molecule has 0 spiro atoms. The Hall–Kier alpha value is -3.55. The van der Waals surface area contributed by atoms with Gasteiger partial charge in [-0.1, -0.05) is 32.0 Å². The van der Waals surface area contributed by atoms with Crippen LogP contribution >= 0.6 is 0 Å². The Kier molecular flexibility index (Phi) is 5.49. The Morgan fingerprint density at radius 3 is 2.49 bits per heavy atom. The van der Waals surface area contributed by atoms with Crippen molar-refractivity contribution in [3.63, 3.8) is 0 Å². The number of nitrogens with one attached hydrogen (secondary N) is 1. The molecule has 182 valence electrons. The van der Waals surface area contributed by atoms with Crippen molar-refractivity contribution < 1.29 is 22.8 Å². The van der Waals surface area contributed by atoms with E-state index in [1.54, 1.807) is 0 Å². The summed E-state index contributed by atoms with van der Waals surface area (Å²) in [4.78, 5) is 26.8. The molecule has 1 atom stereocenters. The number of alkyl halides is 3. The molecule has 0 radical (unpaired) electrons. The summed E-state index contributed by atoms with van der Waals surface area (Å²) in [6, 6.07) is 10.9. The zero-order valence-corrected chi connectivity index (χ0v) is 19.7. The van der Waals surface area contributed by atoms with E-state index < -0.39 is 23.6 Å². The Morgan fingerprint density at radius 1 is 1.14 bits per heavy atom. The van der Waals surface area contributed by atoms with Crippen molar-refractivity contribution in [2.45, 2.75) is 45.8 Å². The van der Waals surface area contributed by atoms with E-state index in [0.717, 1.165) is 47.3 Å². The van der Waals surface area contributed by atoms with Crippen LogP contribution in [0.5, 0.6) is 0 Å². The second-order valence-electron chi connectivity index (χ2n) is 9.64. The molecule has 0 saturated heterocycles. The molecular weight excluding hydrogens is 455 g/mol. The molecule has 3 aromatic rings. The number of carbonyl (C=O) groups is 2. The van der Waals surface area contributed by atoms with E-state index in [1.165, 1.54) is 24.0 Å². The number of amides is 2. The molecule has 3 heterocycles. The monoisotopic (exact) mass is 481 g/mol. The van der Waals surface area contributed by atoms with Crippen LogP contribution < -0.4 is 5.32 Å². The molecule has 8 heteroatoms. The zero-order valence-electron chi connectivity index (χ0n) is 19.7. The predicted octanol–water partition coefficient (Wildman–Crippen LogP) is 5.91. The lowest BCUT2D eigenvalue weighted by atomic mass is 9.84. The first-order valence-corrected chi connectivity index (χ1v) is 11.7. The number of halogens is 3. The van der Waals surface area contributed by atoms with Gasteiger partial charge in [0.25, 0.3) is 5.91 Å². The summed E-state index contributed by atoms with van der Waals surface area (Å²) < 4.78 is 41.9. The summed E-state index contributed by atoms with van der Waals surface area (Å²) in [5.74, 6) is -0.904. The first-order chi connectivity index (χ1) is 16.6. The topological polar surface area (TPSA) is 54.3 Å². The number of rotatable bonds is 4. The standard InChI is InChI=1S/C27H26F3N3O2/c1-15(2)11-12-32-13-19-23(17-7-9-18(10-8-17)27(28,29)30)25-21(14-33(16(3)34)26(25)35)31-20-5-4-6-22(32)24(19)20/h4-10,13,15,23,31H,11-12,14H2,1-3H3/t23-/m1/s1. The third kappa shape index (κ3) is 3.90. The fourth-order valence-electron chi connectivity index (χ4n) is 5.07. The van der Waals surface area contributed by atoms with Gasteiger partial charge in [0.05, 0.1) is 23.2 Å². The first-order valence-electron chi connectivity index (χ1n) is 11.7. The van der Waals surface area contributed by atoms with Crippen molar-refractivity contribution in [3.05, 3.63) is 76.6 Å². The van der Waals surface area contributed by atoms with Crippen LogP contribution in [-0.2, 0) is 22.3 Å². The molecule has 0 aliphatic carbocycles. The van der Waals surface area contributed by atoms with Crippen molar-refractivity contribution in [2.24, 2.45) is 5.92 Å². The van der Waals surface area contributed by atoms with Crippen molar-refractivity contribution in [1.82, 2.24) is 9.47 Å². The lowest BCUT2D eigenvalue weighted by molar-refractivity contribution is -0.140. The number of hydrogen-bond acceptors (Lipinski definition) is 3. The van der Waals surface area contributed by atoms with E-state index in [9.17, 15) is 22.8 Å². The van der Waals surface area contributed by atoms with Crippen LogP contribution in [0.15, 0.2) is 59.9 Å². The van der Waals surface area contributed by atoms with Crippen LogP contribution in [0.25, 0.3) is 10.9 Å². The molecule has 2 aromatic carbocycles. The maximum atomic E-state index is 13.5. The maximum Gasteiger partial charge on any atom is 0.416 e. The summed E-state index contributed by atoms with van der Waals surface area (Å²) in [6.45, 7) is 6.52. The second-order valence-corrected chi connectivity index (χ2v) is 9.64. The van der Waals surface area contributed by atoms with Gasteiger partial charge in [-0.3, -0.25) is 14.5 Å². The molecule has 0 unspecified atom stereocenters. The number of imide groups is 1. The van der Waals surface area contributed by atoms with Gasteiger partial charge in [0.15, 0.2) is 0 Å². The fraction of sp³-hybridized carbons (Fsp3) is 0.333. The maximum absolute atomic E-state index is 13.5. The van der Waals surface area contributed by atoms with Crippen molar-refractivity contribution >= 4 is 28.4 Å². The Bertz CT molecular complexity index is 1370. The summed E-state index contributed by atoms with van der Waals surface area (Å²) in [6.07, 6.45) is -1.49. The number of carbonyl (C=O) groups excluding carboxylic acids is 2. The van der Waals surface area contributed by atoms with Gasteiger partial charge in [-0.15, -0.1) is 0 Å². The van der Waals surface area contributed by atoms with Crippen molar-refractivity contribution in [2.75, 3.05) is 11.9 Å². The van der Waals surface area contributed by atoms with E-state index >= 15 is 0 Å². The average Bonchev–Trinajstić information content (AvgIpc) is 3.27. The van der Waals surface area contributed by atoms with Crippen LogP contribution in [0.1, 0.15) is 49.8 Å². The number of anilines is 1. The summed E-state index contributed by atoms with van der Waals surface area (Å²) in [7, 11) is 0. The Morgan fingerprint density at radius 2 is 1.86 bits per heavy atom. The normalized spacial score (nSPS) is 17.7. The predicted molar refractivity (Wildman–Crippen MR) is 128 cm³/mol. The molecule has 5 nitrogen and oxygen atoms in total. The quantitative estimate of drug-likeness (QED) is 0.504. The SMILES string of the molecule is CC(=O)N1CC2=C(C1=O)[C@H](c1ccc(C(F)(F)F)cc1)c1cn(CCC(C)C)c3cccc(c13)N2. The fourth-order valence-corrected chi connectivity index (χ4v) is 5.07. The highest BCUT2D eigenvalue weighted by molar-refractivity contribution is 6.11. The van der Waals surface area contributed by atoms with Gasteiger partial charge in [0, 0.05) is 42.4 Å². The number of aromatic nitrogens is 1. The molecular formula is C27H26F3N3O2. The van der Waals surface area contributed by atoms with Crippen molar-refractivity contribution in [1.29, 1.82) is 0 Å². The summed E-state index contributed by atoms with van der Waals surface area (Å²) in [5, 5.41) is 4.33. The summed E-state index contributed by atoms with van der Waals surface area (Å²) >= 11 is 0. The second kappa shape index (κ2) is 8.29. The minimum Gasteiger partial charge on any atom is -0.356 e. The molecule has 0 bridgehead atoms. The van der Waals surface area contributed by atoms with E-state index in [1.807, 2.05) is 24.4 Å². The Labute approximate surface area is 201 Å². The number of nitrogens with zero attached hydrogens (tertiary/aromatic N) is 2. The average molecular weight is 482 g/mol. The summed E-state index contributed by atoms with van der Waals surface area (Å²) in [5.41, 5.74) is 3.50. The van der Waals surface area contributed by atoms with E-state index in [0.29, 0.717) is 22.8 Å². The van der Waals surface area contributed by atoms with Crippen LogP contribution in [0.2, 0.25) is 0 Å². The lowest BCUT2D eigenvalue weighted by Gasteiger charge is -2.20. The third-order valence-electron chi connectivity index (χ3n) is 6.84. The van der Waals surface area contributed by atoms with Gasteiger partial charge in [0.2, 0.25) is 5.91 Å². The van der Waals surface area contributed by atoms with E-state index in [-0.39, 0.29) is 12.5 Å². The van der Waals surface area contributed by atoms with Crippen LogP contribution in [0.3, 0.4) is 0 Å². The van der Waals surface area contributed by atoms with Crippen LogP contribution in [-0.4, -0.2) is 27.8 Å². The number of benzene rings is 2. The van der Waals surface area contributed by atoms with E-state index in [4.69, 9.17) is 0 Å². The molecule has 5 rings (SSSR count). The molecule has 1 aromatic heterocycles. The Balaban J connectivity index is 1.72. The minimum absolute atomic E-state index is 0.106. The van der Waals surface area contributed by atoms with Crippen LogP contribution in [0, 0.1) is 5.92 Å². The first kappa shape index (κ1) is 23.2. The molecule has 2 amide bonds. The lowest BCUT2D eigenvalue weighted by Crippen LogP contribution is -2.33. The van der Waals surface area contributed by atoms with E-state index in [2.05, 4.69) is 23.7 Å². The smallest absolute Gasteiger partial charge is 0.356 e. The molecule has 1 N–H and O–H groups in total. The highest BCUT2D eigenvalue weighted by Crippen LogP contribution is 2.47. The van der Waals surface area contributed by atoms with Crippen LogP contribution in [0.4, 0.5) is 18.9 Å². The third-order valence-corrected chi connectivity index (χ3v) is 6.84. The highest BCUT2D eigenvalue weighted by Gasteiger charge is 2.42. The molecule has 2 aliphatic heterocycles. The molecule has 0 fully saturated rings. The number of hydrogen-bond donors (Lipinski definition) is 1. The van der Waals surface area contributed by atoms with Gasteiger partial charge < -0.3 is 9.88 Å². The highest BCUT2D eigenvalue weighted by atomic mass is 19.4. The molecule has 0 saturated carbocycles. The van der Waals surface area contributed by atoms with Gasteiger partial charge in [0.1, 0.15) is 0 Å². The number of aryl methyl sites for hydroxylation is 1. The molecule has 2 aliphatic rings. The minimum atomic E-state index is -4.46.